The van der Waals surface area contributed by atoms with Crippen LogP contribution in [0.4, 0.5) is 0 Å². The van der Waals surface area contributed by atoms with Crippen molar-refractivity contribution in [1.29, 1.82) is 0 Å². The zero-order valence-corrected chi connectivity index (χ0v) is 16.5. The van der Waals surface area contributed by atoms with Gasteiger partial charge in [-0.25, -0.2) is 0 Å². The van der Waals surface area contributed by atoms with Crippen LogP contribution in [0.1, 0.15) is 27.4 Å². The molecule has 2 aliphatic heterocycles. The highest BCUT2D eigenvalue weighted by molar-refractivity contribution is 8.02. The molecule has 0 spiro atoms. The first-order valence-corrected chi connectivity index (χ1v) is 10.2. The summed E-state index contributed by atoms with van der Waals surface area (Å²) in [7, 11) is 0. The summed E-state index contributed by atoms with van der Waals surface area (Å²) >= 11 is 1.66. The summed E-state index contributed by atoms with van der Waals surface area (Å²) in [5.74, 6) is 0.646. The fourth-order valence-electron chi connectivity index (χ4n) is 3.50. The van der Waals surface area contributed by atoms with Crippen molar-refractivity contribution in [3.8, 4) is 0 Å². The number of hydrogen-bond acceptors (Lipinski definition) is 5. The second-order valence-corrected chi connectivity index (χ2v) is 7.55. The highest BCUT2D eigenvalue weighted by Crippen LogP contribution is 2.40. The quantitative estimate of drug-likeness (QED) is 0.780. The molecule has 4 heterocycles. The van der Waals surface area contributed by atoms with Crippen LogP contribution < -0.4 is 0 Å². The monoisotopic (exact) mass is 394 g/mol. The standard InChI is InChI=1S/C21H22N4O2S/c1-3-16-18(4-2)28-14-17-19(21(26)24-9-11-27-12-10-24)23-25(20(16)17)13-15-7-5-6-8-22-15/h3-8H,1-2,9-14H2. The van der Waals surface area contributed by atoms with E-state index in [1.54, 1.807) is 18.0 Å². The van der Waals surface area contributed by atoms with Gasteiger partial charge < -0.3 is 9.64 Å². The van der Waals surface area contributed by atoms with Crippen LogP contribution in [0.3, 0.4) is 0 Å². The average Bonchev–Trinajstić information content (AvgIpc) is 3.12. The minimum Gasteiger partial charge on any atom is -0.378 e. The minimum absolute atomic E-state index is 0.0367. The first-order valence-electron chi connectivity index (χ1n) is 9.22. The Kier molecular flexibility index (Phi) is 5.45. The number of carbonyl (C=O) groups excluding carboxylic acids is 1. The lowest BCUT2D eigenvalue weighted by Gasteiger charge is -2.26. The van der Waals surface area contributed by atoms with Crippen molar-refractivity contribution < 1.29 is 9.53 Å². The number of pyridine rings is 1. The Hall–Kier alpha value is -2.64. The number of rotatable bonds is 5. The molecule has 7 heteroatoms. The third-order valence-electron chi connectivity index (χ3n) is 4.87. The number of allylic oxidation sites excluding steroid dienone is 3. The van der Waals surface area contributed by atoms with Gasteiger partial charge in [0.2, 0.25) is 0 Å². The number of hydrogen-bond donors (Lipinski definition) is 0. The van der Waals surface area contributed by atoms with Gasteiger partial charge in [0.1, 0.15) is 0 Å². The molecule has 2 aromatic heterocycles. The van der Waals surface area contributed by atoms with Gasteiger partial charge in [0.15, 0.2) is 5.69 Å². The Morgan fingerprint density at radius 1 is 1.25 bits per heavy atom. The van der Waals surface area contributed by atoms with Crippen LogP contribution >= 0.6 is 11.8 Å². The van der Waals surface area contributed by atoms with E-state index in [9.17, 15) is 4.79 Å². The lowest BCUT2D eigenvalue weighted by atomic mass is 10.0. The number of aromatic nitrogens is 3. The number of amides is 1. The predicted molar refractivity (Wildman–Crippen MR) is 111 cm³/mol. The summed E-state index contributed by atoms with van der Waals surface area (Å²) in [6, 6.07) is 5.80. The number of carbonyl (C=O) groups is 1. The molecule has 0 N–H and O–H groups in total. The van der Waals surface area contributed by atoms with E-state index >= 15 is 0 Å². The van der Waals surface area contributed by atoms with Crippen LogP contribution in [0.5, 0.6) is 0 Å². The number of morpholine rings is 1. The Labute approximate surface area is 168 Å². The van der Waals surface area contributed by atoms with Crippen LogP contribution in [0, 0.1) is 0 Å². The van der Waals surface area contributed by atoms with Crippen LogP contribution in [-0.2, 0) is 17.0 Å². The third-order valence-corrected chi connectivity index (χ3v) is 6.00. The Balaban J connectivity index is 1.80. The Morgan fingerprint density at radius 3 is 2.75 bits per heavy atom. The number of fused-ring (bicyclic) bond motifs is 1. The molecule has 0 atom stereocenters. The second kappa shape index (κ2) is 8.16. The van der Waals surface area contributed by atoms with E-state index in [0.29, 0.717) is 44.3 Å². The van der Waals surface area contributed by atoms with E-state index in [-0.39, 0.29) is 5.91 Å². The van der Waals surface area contributed by atoms with Gasteiger partial charge in [0.25, 0.3) is 5.91 Å². The van der Waals surface area contributed by atoms with Crippen molar-refractivity contribution in [2.75, 3.05) is 26.3 Å². The molecule has 0 unspecified atom stereocenters. The van der Waals surface area contributed by atoms with Gasteiger partial charge in [-0.1, -0.05) is 31.4 Å². The molecule has 1 saturated heterocycles. The van der Waals surface area contributed by atoms with Crippen molar-refractivity contribution in [2.45, 2.75) is 12.3 Å². The van der Waals surface area contributed by atoms with Crippen LogP contribution in [0.25, 0.3) is 5.57 Å². The summed E-state index contributed by atoms with van der Waals surface area (Å²) in [5.41, 5.74) is 4.26. The Bertz CT molecular complexity index is 943. The molecular formula is C21H22N4O2S. The molecule has 4 rings (SSSR count). The third kappa shape index (κ3) is 3.43. The number of thioether (sulfide) groups is 1. The van der Waals surface area contributed by atoms with E-state index in [4.69, 9.17) is 9.84 Å². The van der Waals surface area contributed by atoms with Gasteiger partial charge in [0, 0.05) is 41.1 Å². The molecule has 0 aromatic carbocycles. The van der Waals surface area contributed by atoms with Crippen molar-refractivity contribution in [3.63, 3.8) is 0 Å². The van der Waals surface area contributed by atoms with Gasteiger partial charge in [0.05, 0.1) is 31.1 Å². The average molecular weight is 395 g/mol. The van der Waals surface area contributed by atoms with Crippen LogP contribution in [-0.4, -0.2) is 51.9 Å². The summed E-state index contributed by atoms with van der Waals surface area (Å²) in [5, 5.41) is 4.74. The van der Waals surface area contributed by atoms with Gasteiger partial charge in [-0.05, 0) is 12.1 Å². The predicted octanol–water partition coefficient (Wildman–Crippen LogP) is 3.13. The SMILES string of the molecule is C=CC1=C(C=C)c2c(c(C(=O)N3CCOCC3)nn2Cc2ccccn2)CS1. The Morgan fingerprint density at radius 2 is 2.07 bits per heavy atom. The highest BCUT2D eigenvalue weighted by Gasteiger charge is 2.31. The zero-order chi connectivity index (χ0) is 19.5. The maximum absolute atomic E-state index is 13.2. The molecule has 28 heavy (non-hydrogen) atoms. The first kappa shape index (κ1) is 18.7. The number of ether oxygens (including phenoxy) is 1. The lowest BCUT2D eigenvalue weighted by Crippen LogP contribution is -2.41. The van der Waals surface area contributed by atoms with Crippen LogP contribution in [0.15, 0.2) is 54.6 Å². The smallest absolute Gasteiger partial charge is 0.274 e. The van der Waals surface area contributed by atoms with Crippen molar-refractivity contribution in [3.05, 3.63) is 77.3 Å². The van der Waals surface area contributed by atoms with E-state index in [0.717, 1.165) is 27.4 Å². The summed E-state index contributed by atoms with van der Waals surface area (Å²) in [6.07, 6.45) is 5.42. The second-order valence-electron chi connectivity index (χ2n) is 6.53. The molecule has 0 saturated carbocycles. The molecule has 6 nitrogen and oxygen atoms in total. The van der Waals surface area contributed by atoms with Gasteiger partial charge in [-0.15, -0.1) is 11.8 Å². The molecule has 1 amide bonds. The number of nitrogens with zero attached hydrogens (tertiary/aromatic N) is 4. The summed E-state index contributed by atoms with van der Waals surface area (Å²) < 4.78 is 7.26. The molecular weight excluding hydrogens is 372 g/mol. The summed E-state index contributed by atoms with van der Waals surface area (Å²) in [4.78, 5) is 20.5. The minimum atomic E-state index is -0.0367. The molecule has 2 aromatic rings. The highest BCUT2D eigenvalue weighted by atomic mass is 32.2. The fraction of sp³-hybridized carbons (Fsp3) is 0.286. The van der Waals surface area contributed by atoms with Gasteiger partial charge in [-0.2, -0.15) is 5.10 Å². The van der Waals surface area contributed by atoms with E-state index in [1.807, 2.05) is 39.9 Å². The molecule has 0 aliphatic carbocycles. The molecule has 1 fully saturated rings. The lowest BCUT2D eigenvalue weighted by molar-refractivity contribution is 0.0298. The zero-order valence-electron chi connectivity index (χ0n) is 15.6. The summed E-state index contributed by atoms with van der Waals surface area (Å²) in [6.45, 7) is 10.7. The fourth-order valence-corrected chi connectivity index (χ4v) is 4.52. The van der Waals surface area contributed by atoms with E-state index in [1.165, 1.54) is 0 Å². The van der Waals surface area contributed by atoms with Crippen LogP contribution in [0.2, 0.25) is 0 Å². The largest absolute Gasteiger partial charge is 0.378 e. The maximum Gasteiger partial charge on any atom is 0.274 e. The maximum atomic E-state index is 13.2. The van der Waals surface area contributed by atoms with Crippen molar-refractivity contribution in [2.24, 2.45) is 0 Å². The normalized spacial score (nSPS) is 16.6. The molecule has 0 radical (unpaired) electrons. The first-order chi connectivity index (χ1) is 13.7. The molecule has 2 aliphatic rings. The van der Waals surface area contributed by atoms with Gasteiger partial charge >= 0.3 is 0 Å². The van der Waals surface area contributed by atoms with Crippen molar-refractivity contribution >= 4 is 23.2 Å². The van der Waals surface area contributed by atoms with Gasteiger partial charge in [-0.3, -0.25) is 14.5 Å². The van der Waals surface area contributed by atoms with Crippen molar-refractivity contribution in [1.82, 2.24) is 19.7 Å². The van der Waals surface area contributed by atoms with E-state index in [2.05, 4.69) is 18.1 Å². The van der Waals surface area contributed by atoms with E-state index < -0.39 is 0 Å². The molecule has 144 valence electrons. The topological polar surface area (TPSA) is 60.3 Å². The molecule has 0 bridgehead atoms.